The van der Waals surface area contributed by atoms with E-state index in [1.54, 1.807) is 11.8 Å². The maximum absolute atomic E-state index is 12.6. The van der Waals surface area contributed by atoms with Crippen LogP contribution in [0.25, 0.3) is 0 Å². The highest BCUT2D eigenvalue weighted by Crippen LogP contribution is 2.23. The maximum Gasteiger partial charge on any atom is 0.256 e. The number of carbonyl (C=O) groups is 2. The molecule has 2 amide bonds. The third-order valence-electron chi connectivity index (χ3n) is 4.46. The van der Waals surface area contributed by atoms with Crippen LogP contribution in [0.5, 0.6) is 0 Å². The number of nitrogens with zero attached hydrogens (tertiary/aromatic N) is 1. The Morgan fingerprint density at radius 2 is 1.73 bits per heavy atom. The van der Waals surface area contributed by atoms with Gasteiger partial charge in [0.15, 0.2) is 0 Å². The van der Waals surface area contributed by atoms with Crippen molar-refractivity contribution in [1.82, 2.24) is 4.90 Å². The fourth-order valence-corrected chi connectivity index (χ4v) is 3.89. The van der Waals surface area contributed by atoms with Gasteiger partial charge in [0.05, 0.1) is 12.0 Å². The molecule has 1 heterocycles. The van der Waals surface area contributed by atoms with Gasteiger partial charge in [-0.15, -0.1) is 11.8 Å². The first-order valence-corrected chi connectivity index (χ1v) is 10.1. The second-order valence-corrected chi connectivity index (χ2v) is 7.65. The molecule has 0 radical (unpaired) electrons. The molecule has 1 fully saturated rings. The Bertz CT molecular complexity index is 768. The molecule has 0 saturated carbocycles. The highest BCUT2D eigenvalue weighted by molar-refractivity contribution is 7.99. The van der Waals surface area contributed by atoms with Crippen molar-refractivity contribution in [1.29, 1.82) is 0 Å². The summed E-state index contributed by atoms with van der Waals surface area (Å²) in [5.41, 5.74) is 2.40. The van der Waals surface area contributed by atoms with Crippen LogP contribution in [0, 0.1) is 0 Å². The topological polar surface area (TPSA) is 49.4 Å². The molecule has 4 nitrogen and oxygen atoms in total. The van der Waals surface area contributed by atoms with E-state index in [1.807, 2.05) is 53.4 Å². The van der Waals surface area contributed by atoms with Crippen molar-refractivity contribution in [2.45, 2.75) is 31.1 Å². The molecule has 0 aliphatic carbocycles. The largest absolute Gasteiger partial charge is 0.342 e. The molecule has 0 unspecified atom stereocenters. The van der Waals surface area contributed by atoms with Gasteiger partial charge in [0.2, 0.25) is 5.91 Å². The van der Waals surface area contributed by atoms with Gasteiger partial charge in [-0.3, -0.25) is 9.59 Å². The summed E-state index contributed by atoms with van der Waals surface area (Å²) < 4.78 is 0. The Hall–Kier alpha value is -2.27. The molecule has 2 aromatic rings. The second kappa shape index (κ2) is 8.90. The van der Waals surface area contributed by atoms with Gasteiger partial charge in [0.25, 0.3) is 5.91 Å². The molecule has 2 aromatic carbocycles. The van der Waals surface area contributed by atoms with E-state index in [0.717, 1.165) is 47.8 Å². The lowest BCUT2D eigenvalue weighted by Gasteiger charge is -2.15. The number of rotatable bonds is 6. The molecule has 0 atom stereocenters. The summed E-state index contributed by atoms with van der Waals surface area (Å²) >= 11 is 1.66. The molecule has 0 spiro atoms. The Balaban J connectivity index is 1.62. The van der Waals surface area contributed by atoms with Crippen LogP contribution in [-0.4, -0.2) is 35.6 Å². The van der Waals surface area contributed by atoms with E-state index in [1.165, 1.54) is 0 Å². The molecule has 1 N–H and O–H groups in total. The van der Waals surface area contributed by atoms with Crippen LogP contribution in [0.2, 0.25) is 0 Å². The fraction of sp³-hybridized carbons (Fsp3) is 0.333. The van der Waals surface area contributed by atoms with Crippen molar-refractivity contribution >= 4 is 29.3 Å². The van der Waals surface area contributed by atoms with Gasteiger partial charge in [-0.1, -0.05) is 31.2 Å². The van der Waals surface area contributed by atoms with E-state index in [4.69, 9.17) is 0 Å². The van der Waals surface area contributed by atoms with Crippen molar-refractivity contribution in [3.8, 4) is 0 Å². The van der Waals surface area contributed by atoms with Crippen LogP contribution < -0.4 is 5.32 Å². The number of thioether (sulfide) groups is 1. The van der Waals surface area contributed by atoms with Crippen LogP contribution in [-0.2, 0) is 11.2 Å². The molecule has 1 aliphatic heterocycles. The molecular formula is C21H24N2O2S. The standard InChI is InChI=1S/C21H24N2O2S/c1-2-26-19-8-4-3-7-18(19)21(25)22-17-11-9-16(10-12-17)15-20(24)23-13-5-6-14-23/h3-4,7-12H,2,5-6,13-15H2,1H3,(H,22,25). The lowest BCUT2D eigenvalue weighted by Crippen LogP contribution is -2.29. The number of benzene rings is 2. The molecule has 3 rings (SSSR count). The van der Waals surface area contributed by atoms with Crippen LogP contribution in [0.15, 0.2) is 53.4 Å². The average Bonchev–Trinajstić information content (AvgIpc) is 3.19. The minimum absolute atomic E-state index is 0.109. The van der Waals surface area contributed by atoms with Crippen molar-refractivity contribution in [2.24, 2.45) is 0 Å². The number of carbonyl (C=O) groups excluding carboxylic acids is 2. The number of hydrogen-bond acceptors (Lipinski definition) is 3. The zero-order chi connectivity index (χ0) is 18.4. The van der Waals surface area contributed by atoms with Crippen molar-refractivity contribution in [3.05, 3.63) is 59.7 Å². The first kappa shape index (κ1) is 18.5. The van der Waals surface area contributed by atoms with Gasteiger partial charge in [-0.25, -0.2) is 0 Å². The summed E-state index contributed by atoms with van der Waals surface area (Å²) in [7, 11) is 0. The minimum Gasteiger partial charge on any atom is -0.342 e. The summed E-state index contributed by atoms with van der Waals surface area (Å²) in [6.07, 6.45) is 2.63. The lowest BCUT2D eigenvalue weighted by atomic mass is 10.1. The van der Waals surface area contributed by atoms with Gasteiger partial charge < -0.3 is 10.2 Å². The minimum atomic E-state index is -0.109. The molecule has 26 heavy (non-hydrogen) atoms. The first-order valence-electron chi connectivity index (χ1n) is 9.07. The molecule has 1 aliphatic rings. The van der Waals surface area contributed by atoms with Crippen molar-refractivity contribution in [3.63, 3.8) is 0 Å². The van der Waals surface area contributed by atoms with Gasteiger partial charge >= 0.3 is 0 Å². The Kier molecular flexibility index (Phi) is 6.34. The zero-order valence-electron chi connectivity index (χ0n) is 15.0. The fourth-order valence-electron chi connectivity index (χ4n) is 3.09. The molecular weight excluding hydrogens is 344 g/mol. The third kappa shape index (κ3) is 4.67. The summed E-state index contributed by atoms with van der Waals surface area (Å²) in [5.74, 6) is 0.997. The van der Waals surface area contributed by atoms with E-state index in [0.29, 0.717) is 12.0 Å². The number of anilines is 1. The summed E-state index contributed by atoms with van der Waals surface area (Å²) in [6, 6.07) is 15.2. The highest BCUT2D eigenvalue weighted by Gasteiger charge is 2.18. The number of amides is 2. The lowest BCUT2D eigenvalue weighted by molar-refractivity contribution is -0.129. The second-order valence-electron chi connectivity index (χ2n) is 6.34. The molecule has 5 heteroatoms. The van der Waals surface area contributed by atoms with Gasteiger partial charge in [0.1, 0.15) is 0 Å². The van der Waals surface area contributed by atoms with E-state index < -0.39 is 0 Å². The Labute approximate surface area is 159 Å². The first-order chi connectivity index (χ1) is 12.7. The monoisotopic (exact) mass is 368 g/mol. The van der Waals surface area contributed by atoms with Gasteiger partial charge in [-0.2, -0.15) is 0 Å². The van der Waals surface area contributed by atoms with Crippen LogP contribution >= 0.6 is 11.8 Å². The Morgan fingerprint density at radius 1 is 1.04 bits per heavy atom. The van der Waals surface area contributed by atoms with Crippen LogP contribution in [0.3, 0.4) is 0 Å². The Morgan fingerprint density at radius 3 is 2.42 bits per heavy atom. The van der Waals surface area contributed by atoms with Crippen LogP contribution in [0.4, 0.5) is 5.69 Å². The molecule has 136 valence electrons. The van der Waals surface area contributed by atoms with E-state index >= 15 is 0 Å². The number of hydrogen-bond donors (Lipinski definition) is 1. The molecule has 0 bridgehead atoms. The van der Waals surface area contributed by atoms with Gasteiger partial charge in [-0.05, 0) is 48.4 Å². The average molecular weight is 369 g/mol. The normalized spacial score (nSPS) is 13.7. The predicted octanol–water partition coefficient (Wildman–Crippen LogP) is 4.22. The zero-order valence-corrected chi connectivity index (χ0v) is 15.8. The quantitative estimate of drug-likeness (QED) is 0.777. The smallest absolute Gasteiger partial charge is 0.256 e. The van der Waals surface area contributed by atoms with E-state index in [-0.39, 0.29) is 11.8 Å². The summed E-state index contributed by atoms with van der Waals surface area (Å²) in [4.78, 5) is 27.7. The summed E-state index contributed by atoms with van der Waals surface area (Å²) in [6.45, 7) is 3.83. The predicted molar refractivity (Wildman–Crippen MR) is 107 cm³/mol. The molecule has 1 saturated heterocycles. The number of likely N-dealkylation sites (tertiary alicyclic amines) is 1. The SMILES string of the molecule is CCSc1ccccc1C(=O)Nc1ccc(CC(=O)N2CCCC2)cc1. The third-order valence-corrected chi connectivity index (χ3v) is 5.41. The van der Waals surface area contributed by atoms with Crippen LogP contribution in [0.1, 0.15) is 35.7 Å². The van der Waals surface area contributed by atoms with E-state index in [9.17, 15) is 9.59 Å². The van der Waals surface area contributed by atoms with E-state index in [2.05, 4.69) is 12.2 Å². The highest BCUT2D eigenvalue weighted by atomic mass is 32.2. The summed E-state index contributed by atoms with van der Waals surface area (Å²) in [5, 5.41) is 2.95. The van der Waals surface area contributed by atoms with Gasteiger partial charge in [0, 0.05) is 23.7 Å². The van der Waals surface area contributed by atoms with Crippen molar-refractivity contribution in [2.75, 3.05) is 24.2 Å². The molecule has 0 aromatic heterocycles. The number of nitrogens with one attached hydrogen (secondary N) is 1. The maximum atomic E-state index is 12.6. The van der Waals surface area contributed by atoms with Crippen molar-refractivity contribution < 1.29 is 9.59 Å².